The second-order valence-electron chi connectivity index (χ2n) is 3.59. The van der Waals surface area contributed by atoms with Crippen molar-refractivity contribution in [3.63, 3.8) is 0 Å². The molecule has 0 saturated carbocycles. The van der Waals surface area contributed by atoms with E-state index in [9.17, 15) is 0 Å². The second kappa shape index (κ2) is 4.39. The summed E-state index contributed by atoms with van der Waals surface area (Å²) in [6, 6.07) is 0.237. The smallest absolute Gasteiger partial charge is 0.0896 e. The van der Waals surface area contributed by atoms with Crippen LogP contribution in [0.15, 0.2) is 11.1 Å². The Labute approximate surface area is 94.6 Å². The van der Waals surface area contributed by atoms with Crippen LogP contribution < -0.4 is 0 Å². The van der Waals surface area contributed by atoms with Gasteiger partial charge in [0, 0.05) is 17.0 Å². The van der Waals surface area contributed by atoms with E-state index in [1.54, 1.807) is 0 Å². The number of hydrogen-bond acceptors (Lipinski definition) is 1. The number of rotatable bonds is 0. The van der Waals surface area contributed by atoms with Gasteiger partial charge in [-0.1, -0.05) is 24.6 Å². The van der Waals surface area contributed by atoms with Gasteiger partial charge in [0.05, 0.1) is 10.9 Å². The molecule has 0 aromatic heterocycles. The predicted molar refractivity (Wildman–Crippen MR) is 59.6 cm³/mol. The first-order chi connectivity index (χ1) is 5.95. The van der Waals surface area contributed by atoms with E-state index in [4.69, 9.17) is 34.8 Å². The summed E-state index contributed by atoms with van der Waals surface area (Å²) in [6.07, 6.45) is 1.96. The van der Waals surface area contributed by atoms with Crippen molar-refractivity contribution in [2.45, 2.75) is 30.8 Å². The lowest BCUT2D eigenvalue weighted by molar-refractivity contribution is 0.233. The van der Waals surface area contributed by atoms with Crippen molar-refractivity contribution in [1.29, 1.82) is 0 Å². The maximum absolute atomic E-state index is 6.23. The van der Waals surface area contributed by atoms with Crippen molar-refractivity contribution in [3.8, 4) is 0 Å². The molecule has 0 bridgehead atoms. The van der Waals surface area contributed by atoms with Crippen molar-refractivity contribution < 1.29 is 0 Å². The molecule has 76 valence electrons. The molecule has 1 aliphatic heterocycles. The van der Waals surface area contributed by atoms with E-state index in [0.29, 0.717) is 5.03 Å². The van der Waals surface area contributed by atoms with Crippen LogP contribution in [0.2, 0.25) is 0 Å². The van der Waals surface area contributed by atoms with E-state index in [0.717, 1.165) is 0 Å². The van der Waals surface area contributed by atoms with Gasteiger partial charge in [-0.25, -0.2) is 0 Å². The molecule has 1 aliphatic rings. The lowest BCUT2D eigenvalue weighted by atomic mass is 10.1. The van der Waals surface area contributed by atoms with Crippen LogP contribution >= 0.6 is 34.8 Å². The summed E-state index contributed by atoms with van der Waals surface area (Å²) >= 11 is 18.4. The summed E-state index contributed by atoms with van der Waals surface area (Å²) in [7, 11) is 1.98. The maximum Gasteiger partial charge on any atom is 0.0896 e. The van der Waals surface area contributed by atoms with Crippen LogP contribution in [0.25, 0.3) is 0 Å². The third-order valence-corrected chi connectivity index (χ3v) is 4.40. The summed E-state index contributed by atoms with van der Waals surface area (Å²) in [6.45, 7) is 4.07. The fourth-order valence-corrected chi connectivity index (χ4v) is 2.42. The molecule has 1 heterocycles. The zero-order chi connectivity index (χ0) is 10.2. The lowest BCUT2D eigenvalue weighted by Crippen LogP contribution is -2.38. The van der Waals surface area contributed by atoms with Gasteiger partial charge >= 0.3 is 0 Å². The van der Waals surface area contributed by atoms with Crippen LogP contribution in [0, 0.1) is 5.92 Å². The number of likely N-dealkylation sites (N-methyl/N-ethyl adjacent to an activating group) is 1. The average Bonchev–Trinajstić information content (AvgIpc) is 2.15. The van der Waals surface area contributed by atoms with Crippen LogP contribution in [0.3, 0.4) is 0 Å². The number of allylic oxidation sites excluding steroid dienone is 1. The lowest BCUT2D eigenvalue weighted by Gasteiger charge is -2.29. The molecular formula is C9H14Cl3N. The normalized spacial score (nSPS) is 42.8. The molecule has 0 amide bonds. The Morgan fingerprint density at radius 2 is 1.85 bits per heavy atom. The first-order valence-corrected chi connectivity index (χ1v) is 5.57. The minimum Gasteiger partial charge on any atom is -0.284 e. The van der Waals surface area contributed by atoms with Crippen molar-refractivity contribution >= 4 is 34.8 Å². The van der Waals surface area contributed by atoms with Crippen molar-refractivity contribution in [3.05, 3.63) is 11.1 Å². The first-order valence-electron chi connectivity index (χ1n) is 4.32. The minimum absolute atomic E-state index is 0.0648. The molecule has 0 aromatic carbocycles. The monoisotopic (exact) mass is 241 g/mol. The van der Waals surface area contributed by atoms with E-state index >= 15 is 0 Å². The van der Waals surface area contributed by atoms with Crippen LogP contribution in [-0.2, 0) is 0 Å². The molecule has 0 aliphatic carbocycles. The number of nitrogens with zero attached hydrogens (tertiary/aromatic N) is 1. The van der Waals surface area contributed by atoms with Gasteiger partial charge in [0.2, 0.25) is 0 Å². The molecule has 0 fully saturated rings. The van der Waals surface area contributed by atoms with E-state index in [1.165, 1.54) is 0 Å². The summed E-state index contributed by atoms with van der Waals surface area (Å²) in [4.78, 5) is 2.07. The third kappa shape index (κ3) is 2.33. The highest BCUT2D eigenvalue weighted by atomic mass is 35.5. The quantitative estimate of drug-likeness (QED) is 0.466. The SMILES string of the molecule is CC1C(Cl)C(Cl)=CC(C)N(C)C1Cl. The molecule has 4 atom stereocenters. The van der Waals surface area contributed by atoms with Gasteiger partial charge in [0.15, 0.2) is 0 Å². The maximum atomic E-state index is 6.23. The minimum atomic E-state index is -0.170. The van der Waals surface area contributed by atoms with Crippen LogP contribution in [0.4, 0.5) is 0 Å². The van der Waals surface area contributed by atoms with Gasteiger partial charge in [-0.3, -0.25) is 4.90 Å². The van der Waals surface area contributed by atoms with E-state index in [2.05, 4.69) is 11.8 Å². The molecule has 4 unspecified atom stereocenters. The molecule has 1 nitrogen and oxygen atoms in total. The average molecular weight is 243 g/mol. The fourth-order valence-electron chi connectivity index (χ4n) is 1.43. The summed E-state index contributed by atoms with van der Waals surface area (Å²) in [5.41, 5.74) is -0.0648. The number of hydrogen-bond donors (Lipinski definition) is 0. The second-order valence-corrected chi connectivity index (χ2v) is 4.94. The Morgan fingerprint density at radius 1 is 1.31 bits per heavy atom. The van der Waals surface area contributed by atoms with Crippen LogP contribution in [0.5, 0.6) is 0 Å². The van der Waals surface area contributed by atoms with E-state index in [1.807, 2.05) is 20.0 Å². The largest absolute Gasteiger partial charge is 0.284 e. The van der Waals surface area contributed by atoms with Gasteiger partial charge in [0.25, 0.3) is 0 Å². The zero-order valence-corrected chi connectivity index (χ0v) is 10.2. The summed E-state index contributed by atoms with van der Waals surface area (Å²) in [5, 5.41) is 0.535. The Morgan fingerprint density at radius 3 is 2.38 bits per heavy atom. The molecule has 0 saturated heterocycles. The highest BCUT2D eigenvalue weighted by Crippen LogP contribution is 2.33. The molecule has 0 aromatic rings. The van der Waals surface area contributed by atoms with Crippen molar-refractivity contribution in [2.24, 2.45) is 5.92 Å². The molecular weight excluding hydrogens is 228 g/mol. The standard InChI is InChI=1S/C9H14Cl3N/c1-5-4-7(10)8(11)6(2)9(12)13(5)3/h4-6,8-9H,1-3H3. The zero-order valence-electron chi connectivity index (χ0n) is 7.97. The van der Waals surface area contributed by atoms with Crippen molar-refractivity contribution in [2.75, 3.05) is 7.05 Å². The molecule has 1 rings (SSSR count). The molecule has 4 heteroatoms. The highest BCUT2D eigenvalue weighted by Gasteiger charge is 2.32. The molecule has 13 heavy (non-hydrogen) atoms. The third-order valence-electron chi connectivity index (χ3n) is 2.59. The van der Waals surface area contributed by atoms with Gasteiger partial charge in [-0.15, -0.1) is 23.2 Å². The van der Waals surface area contributed by atoms with Gasteiger partial charge in [-0.2, -0.15) is 0 Å². The van der Waals surface area contributed by atoms with Crippen LogP contribution in [-0.4, -0.2) is 28.9 Å². The summed E-state index contributed by atoms with van der Waals surface area (Å²) in [5.74, 6) is 0.155. The van der Waals surface area contributed by atoms with E-state index in [-0.39, 0.29) is 22.8 Å². The van der Waals surface area contributed by atoms with Crippen molar-refractivity contribution in [1.82, 2.24) is 4.90 Å². The molecule has 0 spiro atoms. The number of alkyl halides is 2. The predicted octanol–water partition coefficient (Wildman–Crippen LogP) is 3.25. The van der Waals surface area contributed by atoms with Gasteiger partial charge in [-0.05, 0) is 14.0 Å². The summed E-state index contributed by atoms with van der Waals surface area (Å²) < 4.78 is 0. The topological polar surface area (TPSA) is 3.24 Å². The van der Waals surface area contributed by atoms with E-state index < -0.39 is 0 Å². The van der Waals surface area contributed by atoms with Gasteiger partial charge in [0.1, 0.15) is 0 Å². The Hall–Kier alpha value is 0.570. The molecule has 0 N–H and O–H groups in total. The molecule has 0 radical (unpaired) electrons. The first kappa shape index (κ1) is 11.6. The highest BCUT2D eigenvalue weighted by molar-refractivity contribution is 6.37. The van der Waals surface area contributed by atoms with Gasteiger partial charge < -0.3 is 0 Å². The Bertz CT molecular complexity index is 217. The Balaban J connectivity index is 2.93. The fraction of sp³-hybridized carbons (Fsp3) is 0.778. The Kier molecular flexibility index (Phi) is 3.94. The van der Waals surface area contributed by atoms with Crippen LogP contribution in [0.1, 0.15) is 13.8 Å². The number of halogens is 3.